The predicted molar refractivity (Wildman–Crippen MR) is 132 cm³/mol. The number of hydrogen-bond acceptors (Lipinski definition) is 6. The lowest BCUT2D eigenvalue weighted by Gasteiger charge is -2.34. The molecule has 192 valence electrons. The lowest BCUT2D eigenvalue weighted by molar-refractivity contribution is -0.135. The molecule has 3 aliphatic heterocycles. The number of sulfonamides is 1. The molecule has 1 amide bonds. The van der Waals surface area contributed by atoms with Gasteiger partial charge < -0.3 is 19.7 Å². The predicted octanol–water partition coefficient (Wildman–Crippen LogP) is 2.23. The fourth-order valence-electron chi connectivity index (χ4n) is 5.24. The van der Waals surface area contributed by atoms with Crippen molar-refractivity contribution < 1.29 is 27.1 Å². The molecule has 2 aromatic carbocycles. The maximum atomic E-state index is 14.8. The van der Waals surface area contributed by atoms with Crippen molar-refractivity contribution in [2.75, 3.05) is 53.0 Å². The quantitative estimate of drug-likeness (QED) is 0.594. The molecule has 0 saturated heterocycles. The first kappa shape index (κ1) is 24.7. The fourth-order valence-corrected chi connectivity index (χ4v) is 6.69. The number of aryl methyl sites for hydroxylation is 1. The standard InChI is InChI=1S/C26H30FN3O5S/c1-17-4-6-22(27)21(10-17)26(2,16-28-3)25(31)29-12-18-14-30(15-19(18)13-29)36(32,33)20-5-7-23-24(11-20)35-9-8-34-23/h4-7,10-11,28H,8-9,12-16H2,1-3H3. The van der Waals surface area contributed by atoms with Gasteiger partial charge >= 0.3 is 0 Å². The van der Waals surface area contributed by atoms with Crippen LogP contribution in [0.25, 0.3) is 0 Å². The van der Waals surface area contributed by atoms with E-state index >= 15 is 0 Å². The number of benzene rings is 2. The van der Waals surface area contributed by atoms with E-state index in [2.05, 4.69) is 5.32 Å². The van der Waals surface area contributed by atoms with Crippen LogP contribution in [0.2, 0.25) is 0 Å². The van der Waals surface area contributed by atoms with Gasteiger partial charge in [-0.15, -0.1) is 0 Å². The van der Waals surface area contributed by atoms with Gasteiger partial charge in [0.25, 0.3) is 0 Å². The third-order valence-corrected chi connectivity index (χ3v) is 8.94. The van der Waals surface area contributed by atoms with Crippen LogP contribution in [0.1, 0.15) is 18.1 Å². The van der Waals surface area contributed by atoms with Crippen molar-refractivity contribution in [3.63, 3.8) is 0 Å². The number of carbonyl (C=O) groups is 1. The topological polar surface area (TPSA) is 88.2 Å². The number of ether oxygens (including phenoxy) is 2. The molecule has 1 unspecified atom stereocenters. The van der Waals surface area contributed by atoms with E-state index in [-0.39, 0.29) is 30.4 Å². The van der Waals surface area contributed by atoms with E-state index < -0.39 is 21.3 Å². The normalized spacial score (nSPS) is 19.4. The number of nitrogens with zero attached hydrogens (tertiary/aromatic N) is 2. The van der Waals surface area contributed by atoms with Crippen LogP contribution in [0.15, 0.2) is 52.4 Å². The molecule has 10 heteroatoms. The average molecular weight is 516 g/mol. The summed E-state index contributed by atoms with van der Waals surface area (Å²) >= 11 is 0. The monoisotopic (exact) mass is 515 g/mol. The van der Waals surface area contributed by atoms with E-state index in [4.69, 9.17) is 9.47 Å². The van der Waals surface area contributed by atoms with E-state index in [9.17, 15) is 17.6 Å². The summed E-state index contributed by atoms with van der Waals surface area (Å²) in [4.78, 5) is 15.6. The molecular formula is C26H30FN3O5S. The van der Waals surface area contributed by atoms with E-state index in [1.807, 2.05) is 6.92 Å². The molecular weight excluding hydrogens is 485 g/mol. The second kappa shape index (κ2) is 9.17. The molecule has 3 heterocycles. The summed E-state index contributed by atoms with van der Waals surface area (Å²) < 4.78 is 54.0. The molecule has 0 radical (unpaired) electrons. The number of halogens is 1. The second-order valence-electron chi connectivity index (χ2n) is 9.79. The molecule has 36 heavy (non-hydrogen) atoms. The minimum absolute atomic E-state index is 0.150. The Hall–Kier alpha value is -2.95. The number of rotatable bonds is 6. The van der Waals surface area contributed by atoms with Gasteiger partial charge in [-0.3, -0.25) is 4.79 Å². The number of fused-ring (bicyclic) bond motifs is 1. The number of likely N-dealkylation sites (N-methyl/N-ethyl adjacent to an activating group) is 1. The van der Waals surface area contributed by atoms with E-state index in [0.717, 1.165) is 16.7 Å². The van der Waals surface area contributed by atoms with Crippen LogP contribution in [0, 0.1) is 12.7 Å². The first-order valence-electron chi connectivity index (χ1n) is 11.9. The molecule has 1 atom stereocenters. The van der Waals surface area contributed by atoms with Crippen LogP contribution in [0.3, 0.4) is 0 Å². The Balaban J connectivity index is 1.32. The van der Waals surface area contributed by atoms with Crippen molar-refractivity contribution in [3.05, 3.63) is 64.5 Å². The average Bonchev–Trinajstić information content (AvgIpc) is 3.45. The lowest BCUT2D eigenvalue weighted by atomic mass is 9.79. The number of amides is 1. The first-order chi connectivity index (χ1) is 17.1. The maximum absolute atomic E-state index is 14.8. The Labute approximate surface area is 210 Å². The SMILES string of the molecule is CNCC(C)(C(=O)N1CC2=C(C1)CN(S(=O)(=O)c1ccc3c(c1)OCCO3)C2)c1cc(C)ccc1F. The summed E-state index contributed by atoms with van der Waals surface area (Å²) in [6, 6.07) is 9.46. The van der Waals surface area contributed by atoms with Crippen LogP contribution in [-0.2, 0) is 20.2 Å². The van der Waals surface area contributed by atoms with Crippen molar-refractivity contribution >= 4 is 15.9 Å². The minimum atomic E-state index is -3.75. The summed E-state index contributed by atoms with van der Waals surface area (Å²) in [5.74, 6) is 0.358. The van der Waals surface area contributed by atoms with Gasteiger partial charge in [-0.05, 0) is 50.2 Å². The maximum Gasteiger partial charge on any atom is 0.243 e. The van der Waals surface area contributed by atoms with Gasteiger partial charge in [0.2, 0.25) is 15.9 Å². The van der Waals surface area contributed by atoms with E-state index in [1.165, 1.54) is 22.5 Å². The van der Waals surface area contributed by atoms with Crippen LogP contribution >= 0.6 is 0 Å². The smallest absolute Gasteiger partial charge is 0.243 e. The van der Waals surface area contributed by atoms with Gasteiger partial charge in [0.1, 0.15) is 19.0 Å². The molecule has 5 rings (SSSR count). The first-order valence-corrected chi connectivity index (χ1v) is 13.4. The molecule has 0 spiro atoms. The summed E-state index contributed by atoms with van der Waals surface area (Å²) in [5, 5.41) is 3.04. The van der Waals surface area contributed by atoms with Crippen molar-refractivity contribution in [2.45, 2.75) is 24.2 Å². The van der Waals surface area contributed by atoms with Crippen LogP contribution in [0.5, 0.6) is 11.5 Å². The minimum Gasteiger partial charge on any atom is -0.486 e. The molecule has 3 aliphatic rings. The third-order valence-electron chi connectivity index (χ3n) is 7.16. The highest BCUT2D eigenvalue weighted by Crippen LogP contribution is 2.37. The van der Waals surface area contributed by atoms with Gasteiger partial charge in [-0.2, -0.15) is 4.31 Å². The molecule has 2 aromatic rings. The Kier molecular flexibility index (Phi) is 6.30. The molecule has 1 N–H and O–H groups in total. The van der Waals surface area contributed by atoms with Crippen LogP contribution in [-0.4, -0.2) is 76.5 Å². The van der Waals surface area contributed by atoms with Crippen molar-refractivity contribution in [1.82, 2.24) is 14.5 Å². The fraction of sp³-hybridized carbons (Fsp3) is 0.423. The Morgan fingerprint density at radius 3 is 2.36 bits per heavy atom. The number of hydrogen-bond donors (Lipinski definition) is 1. The third kappa shape index (κ3) is 4.16. The zero-order valence-electron chi connectivity index (χ0n) is 20.6. The molecule has 0 saturated carbocycles. The van der Waals surface area contributed by atoms with Gasteiger partial charge in [0.05, 0.1) is 10.3 Å². The van der Waals surface area contributed by atoms with Gasteiger partial charge in [0.15, 0.2) is 11.5 Å². The summed E-state index contributed by atoms with van der Waals surface area (Å²) in [6.07, 6.45) is 0. The second-order valence-corrected chi connectivity index (χ2v) is 11.7. The molecule has 8 nitrogen and oxygen atoms in total. The van der Waals surface area contributed by atoms with Gasteiger partial charge in [-0.25, -0.2) is 12.8 Å². The molecule has 0 bridgehead atoms. The Morgan fingerprint density at radius 2 is 1.69 bits per heavy atom. The zero-order valence-corrected chi connectivity index (χ0v) is 21.5. The largest absolute Gasteiger partial charge is 0.486 e. The summed E-state index contributed by atoms with van der Waals surface area (Å²) in [7, 11) is -2.01. The van der Waals surface area contributed by atoms with E-state index in [1.54, 1.807) is 37.1 Å². The highest BCUT2D eigenvalue weighted by atomic mass is 32.2. The van der Waals surface area contributed by atoms with Crippen molar-refractivity contribution in [2.24, 2.45) is 0 Å². The number of nitrogens with one attached hydrogen (secondary N) is 1. The number of carbonyl (C=O) groups excluding carboxylic acids is 1. The zero-order chi connectivity index (χ0) is 25.7. The molecule has 0 aromatic heterocycles. The van der Waals surface area contributed by atoms with Crippen LogP contribution < -0.4 is 14.8 Å². The molecule has 0 aliphatic carbocycles. The highest BCUT2D eigenvalue weighted by Gasteiger charge is 2.44. The highest BCUT2D eigenvalue weighted by molar-refractivity contribution is 7.89. The van der Waals surface area contributed by atoms with Crippen LogP contribution in [0.4, 0.5) is 4.39 Å². The molecule has 0 fully saturated rings. The van der Waals surface area contributed by atoms with Crippen molar-refractivity contribution in [3.8, 4) is 11.5 Å². The lowest BCUT2D eigenvalue weighted by Crippen LogP contribution is -2.50. The summed E-state index contributed by atoms with van der Waals surface area (Å²) in [6.45, 7) is 5.80. The van der Waals surface area contributed by atoms with Crippen molar-refractivity contribution in [1.29, 1.82) is 0 Å². The Morgan fingerprint density at radius 1 is 1.03 bits per heavy atom. The van der Waals surface area contributed by atoms with Gasteiger partial charge in [-0.1, -0.05) is 17.7 Å². The van der Waals surface area contributed by atoms with E-state index in [0.29, 0.717) is 43.4 Å². The van der Waals surface area contributed by atoms with Gasteiger partial charge in [0, 0.05) is 44.4 Å². The Bertz CT molecular complexity index is 1340. The summed E-state index contributed by atoms with van der Waals surface area (Å²) in [5.41, 5.74) is 1.98.